The molecule has 11 heavy (non-hydrogen) atoms. The zero-order chi connectivity index (χ0) is 8.53. The van der Waals surface area contributed by atoms with Gasteiger partial charge in [-0.1, -0.05) is 33.1 Å². The third-order valence-electron chi connectivity index (χ3n) is 1.80. The van der Waals surface area contributed by atoms with Crippen LogP contribution in [0, 0.1) is 0 Å². The first-order valence-electron chi connectivity index (χ1n) is 4.69. The Morgan fingerprint density at radius 1 is 1.18 bits per heavy atom. The highest BCUT2D eigenvalue weighted by Crippen LogP contribution is 2.05. The number of aliphatic hydroxyl groups is 1. The second-order valence-electron chi connectivity index (χ2n) is 2.90. The van der Waals surface area contributed by atoms with Crippen molar-refractivity contribution in [3.05, 3.63) is 11.8 Å². The Morgan fingerprint density at radius 3 is 2.45 bits per heavy atom. The summed E-state index contributed by atoms with van der Waals surface area (Å²) in [4.78, 5) is 0. The number of rotatable bonds is 6. The Morgan fingerprint density at radius 2 is 1.91 bits per heavy atom. The average Bonchev–Trinajstić information content (AvgIpc) is 2.04. The minimum Gasteiger partial charge on any atom is -0.513 e. The van der Waals surface area contributed by atoms with Crippen molar-refractivity contribution < 1.29 is 5.11 Å². The summed E-state index contributed by atoms with van der Waals surface area (Å²) in [7, 11) is 0. The first-order chi connectivity index (χ1) is 5.31. The Hall–Kier alpha value is -0.460. The Balaban J connectivity index is 3.12. The van der Waals surface area contributed by atoms with Crippen molar-refractivity contribution in [3.63, 3.8) is 0 Å². The van der Waals surface area contributed by atoms with Gasteiger partial charge in [-0.15, -0.1) is 0 Å². The summed E-state index contributed by atoms with van der Waals surface area (Å²) in [6, 6.07) is 0. The van der Waals surface area contributed by atoms with Crippen LogP contribution in [0.15, 0.2) is 11.8 Å². The number of unbranched alkanes of at least 4 members (excludes halogenated alkanes) is 4. The quantitative estimate of drug-likeness (QED) is 0.458. The topological polar surface area (TPSA) is 20.2 Å². The van der Waals surface area contributed by atoms with E-state index in [1.165, 1.54) is 25.7 Å². The maximum Gasteiger partial charge on any atom is 0.0880 e. The lowest BCUT2D eigenvalue weighted by Crippen LogP contribution is -1.78. The normalized spacial score (nSPS) is 12.0. The molecule has 0 aromatic heterocycles. The third-order valence-corrected chi connectivity index (χ3v) is 1.80. The molecule has 0 spiro atoms. The van der Waals surface area contributed by atoms with Crippen LogP contribution in [0.2, 0.25) is 0 Å². The van der Waals surface area contributed by atoms with E-state index in [0.717, 1.165) is 12.8 Å². The molecule has 1 nitrogen and oxygen atoms in total. The molecular formula is C10H20O. The summed E-state index contributed by atoms with van der Waals surface area (Å²) in [6.45, 7) is 4.18. The highest BCUT2D eigenvalue weighted by Gasteiger charge is 1.87. The van der Waals surface area contributed by atoms with Gasteiger partial charge in [0, 0.05) is 6.42 Å². The number of aliphatic hydroxyl groups excluding tert-OH is 1. The smallest absolute Gasteiger partial charge is 0.0880 e. The summed E-state index contributed by atoms with van der Waals surface area (Å²) in [5.74, 6) is 0.543. The van der Waals surface area contributed by atoms with Crippen molar-refractivity contribution >= 4 is 0 Å². The van der Waals surface area contributed by atoms with E-state index in [2.05, 4.69) is 6.92 Å². The molecule has 1 heteroatoms. The summed E-state index contributed by atoms with van der Waals surface area (Å²) < 4.78 is 0. The minimum atomic E-state index is 0.543. The highest BCUT2D eigenvalue weighted by molar-refractivity contribution is 4.88. The lowest BCUT2D eigenvalue weighted by molar-refractivity contribution is 0.391. The molecule has 0 aliphatic rings. The van der Waals surface area contributed by atoms with Crippen LogP contribution in [-0.4, -0.2) is 5.11 Å². The van der Waals surface area contributed by atoms with E-state index in [0.29, 0.717) is 5.76 Å². The van der Waals surface area contributed by atoms with Crippen molar-refractivity contribution in [2.75, 3.05) is 0 Å². The second-order valence-corrected chi connectivity index (χ2v) is 2.90. The minimum absolute atomic E-state index is 0.543. The molecule has 0 aromatic carbocycles. The number of allylic oxidation sites excluding steroid dienone is 2. The maximum absolute atomic E-state index is 9.08. The van der Waals surface area contributed by atoms with Crippen LogP contribution in [0.5, 0.6) is 0 Å². The second kappa shape index (κ2) is 7.64. The van der Waals surface area contributed by atoms with E-state index in [-0.39, 0.29) is 0 Å². The van der Waals surface area contributed by atoms with E-state index in [1.54, 1.807) is 0 Å². The molecule has 0 amide bonds. The molecule has 0 saturated heterocycles. The van der Waals surface area contributed by atoms with E-state index in [1.807, 2.05) is 13.0 Å². The predicted octanol–water partition coefficient (Wildman–Crippen LogP) is 3.81. The van der Waals surface area contributed by atoms with Crippen molar-refractivity contribution in [3.8, 4) is 0 Å². The van der Waals surface area contributed by atoms with E-state index in [4.69, 9.17) is 5.11 Å². The highest BCUT2D eigenvalue weighted by atomic mass is 16.3. The van der Waals surface area contributed by atoms with Crippen LogP contribution in [0.1, 0.15) is 52.4 Å². The SMILES string of the molecule is CCCCCCC=C(O)CC. The summed E-state index contributed by atoms with van der Waals surface area (Å²) >= 11 is 0. The lowest BCUT2D eigenvalue weighted by Gasteiger charge is -1.95. The van der Waals surface area contributed by atoms with Crippen LogP contribution >= 0.6 is 0 Å². The zero-order valence-corrected chi connectivity index (χ0v) is 7.77. The van der Waals surface area contributed by atoms with Gasteiger partial charge in [-0.05, 0) is 18.9 Å². The van der Waals surface area contributed by atoms with Gasteiger partial charge in [-0.3, -0.25) is 0 Å². The number of hydrogen-bond acceptors (Lipinski definition) is 1. The maximum atomic E-state index is 9.08. The number of hydrogen-bond donors (Lipinski definition) is 1. The van der Waals surface area contributed by atoms with Crippen molar-refractivity contribution in [1.29, 1.82) is 0 Å². The molecule has 0 saturated carbocycles. The summed E-state index contributed by atoms with van der Waals surface area (Å²) in [5.41, 5.74) is 0. The Labute approximate surface area is 70.1 Å². The van der Waals surface area contributed by atoms with Crippen molar-refractivity contribution in [2.45, 2.75) is 52.4 Å². The molecule has 0 rings (SSSR count). The molecular weight excluding hydrogens is 136 g/mol. The predicted molar refractivity (Wildman–Crippen MR) is 49.8 cm³/mol. The van der Waals surface area contributed by atoms with Gasteiger partial charge < -0.3 is 5.11 Å². The molecule has 0 unspecified atom stereocenters. The van der Waals surface area contributed by atoms with Crippen LogP contribution in [0.4, 0.5) is 0 Å². The summed E-state index contributed by atoms with van der Waals surface area (Å²) in [5, 5.41) is 9.08. The molecule has 0 bridgehead atoms. The molecule has 0 aromatic rings. The first-order valence-corrected chi connectivity index (χ1v) is 4.69. The largest absolute Gasteiger partial charge is 0.513 e. The van der Waals surface area contributed by atoms with Gasteiger partial charge >= 0.3 is 0 Å². The van der Waals surface area contributed by atoms with E-state index >= 15 is 0 Å². The van der Waals surface area contributed by atoms with Crippen LogP contribution in [0.3, 0.4) is 0 Å². The monoisotopic (exact) mass is 156 g/mol. The molecule has 0 fully saturated rings. The molecule has 1 N–H and O–H groups in total. The van der Waals surface area contributed by atoms with Gasteiger partial charge in [0.2, 0.25) is 0 Å². The standard InChI is InChI=1S/C10H20O/c1-3-5-6-7-8-9-10(11)4-2/h9,11H,3-8H2,1-2H3. The van der Waals surface area contributed by atoms with Gasteiger partial charge in [0.25, 0.3) is 0 Å². The summed E-state index contributed by atoms with van der Waals surface area (Å²) in [6.07, 6.45) is 8.87. The zero-order valence-electron chi connectivity index (χ0n) is 7.77. The van der Waals surface area contributed by atoms with Crippen LogP contribution in [-0.2, 0) is 0 Å². The Kier molecular flexibility index (Phi) is 7.33. The van der Waals surface area contributed by atoms with Gasteiger partial charge in [-0.2, -0.15) is 0 Å². The molecule has 0 aliphatic heterocycles. The van der Waals surface area contributed by atoms with Gasteiger partial charge in [0.05, 0.1) is 5.76 Å². The Bertz CT molecular complexity index is 105. The van der Waals surface area contributed by atoms with Gasteiger partial charge in [-0.25, -0.2) is 0 Å². The van der Waals surface area contributed by atoms with Gasteiger partial charge in [0.15, 0.2) is 0 Å². The fourth-order valence-corrected chi connectivity index (χ4v) is 0.984. The van der Waals surface area contributed by atoms with E-state index < -0.39 is 0 Å². The fourth-order valence-electron chi connectivity index (χ4n) is 0.984. The molecule has 0 radical (unpaired) electrons. The van der Waals surface area contributed by atoms with Crippen molar-refractivity contribution in [1.82, 2.24) is 0 Å². The third kappa shape index (κ3) is 7.44. The molecule has 66 valence electrons. The van der Waals surface area contributed by atoms with Crippen LogP contribution < -0.4 is 0 Å². The van der Waals surface area contributed by atoms with Crippen LogP contribution in [0.25, 0.3) is 0 Å². The molecule has 0 atom stereocenters. The fraction of sp³-hybridized carbons (Fsp3) is 0.800. The van der Waals surface area contributed by atoms with Gasteiger partial charge in [0.1, 0.15) is 0 Å². The van der Waals surface area contributed by atoms with E-state index in [9.17, 15) is 0 Å². The first kappa shape index (κ1) is 10.5. The average molecular weight is 156 g/mol. The lowest BCUT2D eigenvalue weighted by atomic mass is 10.1. The van der Waals surface area contributed by atoms with Crippen molar-refractivity contribution in [2.24, 2.45) is 0 Å². The molecule has 0 heterocycles. The molecule has 0 aliphatic carbocycles.